The van der Waals surface area contributed by atoms with Crippen molar-refractivity contribution in [3.63, 3.8) is 0 Å². The van der Waals surface area contributed by atoms with Gasteiger partial charge in [-0.05, 0) is 26.8 Å². The van der Waals surface area contributed by atoms with E-state index < -0.39 is 0 Å². The molecule has 0 aromatic rings. The molecule has 0 radical (unpaired) electrons. The first kappa shape index (κ1) is 13.8. The topological polar surface area (TPSA) is 35.8 Å². The monoisotopic (exact) mass is 214 g/mol. The predicted molar refractivity (Wildman–Crippen MR) is 64.5 cm³/mol. The number of rotatable bonds is 6. The summed E-state index contributed by atoms with van der Waals surface area (Å²) in [5.74, 6) is 0. The molecule has 0 aromatic heterocycles. The van der Waals surface area contributed by atoms with Crippen LogP contribution in [-0.4, -0.2) is 23.1 Å². The van der Waals surface area contributed by atoms with Gasteiger partial charge in [-0.1, -0.05) is 20.8 Å². The summed E-state index contributed by atoms with van der Waals surface area (Å²) in [6.45, 7) is 8.60. The second-order valence-corrected chi connectivity index (χ2v) is 5.95. The summed E-state index contributed by atoms with van der Waals surface area (Å²) in [7, 11) is 1.85. The molecule has 0 bridgehead atoms. The van der Waals surface area contributed by atoms with E-state index >= 15 is 0 Å². The molecule has 0 aliphatic heterocycles. The summed E-state index contributed by atoms with van der Waals surface area (Å²) in [5, 5.41) is 13.3. The third-order valence-electron chi connectivity index (χ3n) is 2.53. The molecule has 1 N–H and O–H groups in total. The number of hydrogen-bond donors (Lipinski definition) is 1. The first-order valence-corrected chi connectivity index (χ1v) is 6.17. The highest BCUT2D eigenvalue weighted by Gasteiger charge is 2.24. The Morgan fingerprint density at radius 1 is 1.43 bits per heavy atom. The molecule has 3 heteroatoms. The third kappa shape index (κ3) is 4.88. The van der Waals surface area contributed by atoms with Crippen molar-refractivity contribution >= 4 is 11.8 Å². The summed E-state index contributed by atoms with van der Waals surface area (Å²) >= 11 is 1.97. The molecule has 2 nitrogen and oxygen atoms in total. The smallest absolute Gasteiger partial charge is 0.104 e. The molecule has 14 heavy (non-hydrogen) atoms. The summed E-state index contributed by atoms with van der Waals surface area (Å²) in [6.07, 6.45) is 2.09. The molecule has 0 saturated carbocycles. The van der Waals surface area contributed by atoms with E-state index in [-0.39, 0.29) is 5.54 Å². The van der Waals surface area contributed by atoms with E-state index in [1.165, 1.54) is 6.42 Å². The van der Waals surface area contributed by atoms with Crippen molar-refractivity contribution in [2.24, 2.45) is 0 Å². The lowest BCUT2D eigenvalue weighted by Gasteiger charge is -2.25. The van der Waals surface area contributed by atoms with Gasteiger partial charge in [0.2, 0.25) is 0 Å². The van der Waals surface area contributed by atoms with Crippen LogP contribution in [0.25, 0.3) is 0 Å². The highest BCUT2D eigenvalue weighted by molar-refractivity contribution is 8.00. The van der Waals surface area contributed by atoms with Gasteiger partial charge in [0.05, 0.1) is 6.07 Å². The lowest BCUT2D eigenvalue weighted by molar-refractivity contribution is 0.455. The van der Waals surface area contributed by atoms with Gasteiger partial charge in [0.1, 0.15) is 5.54 Å². The molecule has 0 aliphatic carbocycles. The molecule has 0 fully saturated rings. The minimum absolute atomic E-state index is 0.375. The molecule has 0 heterocycles. The van der Waals surface area contributed by atoms with Gasteiger partial charge in [0.15, 0.2) is 0 Å². The van der Waals surface area contributed by atoms with E-state index in [9.17, 15) is 0 Å². The quantitative estimate of drug-likeness (QED) is 0.738. The maximum Gasteiger partial charge on any atom is 0.104 e. The first-order valence-electron chi connectivity index (χ1n) is 5.23. The van der Waals surface area contributed by atoms with Crippen molar-refractivity contribution in [3.05, 3.63) is 0 Å². The van der Waals surface area contributed by atoms with Crippen molar-refractivity contribution in [1.29, 1.82) is 5.26 Å². The van der Waals surface area contributed by atoms with Gasteiger partial charge >= 0.3 is 0 Å². The fourth-order valence-corrected chi connectivity index (χ4v) is 2.73. The minimum atomic E-state index is -0.375. The molecular weight excluding hydrogens is 192 g/mol. The molecule has 82 valence electrons. The van der Waals surface area contributed by atoms with E-state index in [1.54, 1.807) is 0 Å². The standard InChI is InChI=1S/C11H22N2S/c1-6-9(2)14-10(3)7-11(4,8-12)13-5/h9-10,13H,6-7H2,1-5H3. The van der Waals surface area contributed by atoms with Crippen LogP contribution in [0.4, 0.5) is 0 Å². The number of hydrogen-bond acceptors (Lipinski definition) is 3. The number of thioether (sulfide) groups is 1. The Kier molecular flexibility index (Phi) is 6.22. The predicted octanol–water partition coefficient (Wildman–Crippen LogP) is 2.80. The van der Waals surface area contributed by atoms with Crippen molar-refractivity contribution in [2.75, 3.05) is 7.05 Å². The van der Waals surface area contributed by atoms with Crippen molar-refractivity contribution in [2.45, 2.75) is 56.6 Å². The van der Waals surface area contributed by atoms with Gasteiger partial charge < -0.3 is 5.32 Å². The Bertz CT molecular complexity index is 200. The van der Waals surface area contributed by atoms with E-state index in [0.29, 0.717) is 10.5 Å². The van der Waals surface area contributed by atoms with Crippen molar-refractivity contribution in [3.8, 4) is 6.07 Å². The second-order valence-electron chi connectivity index (χ2n) is 4.06. The highest BCUT2D eigenvalue weighted by Crippen LogP contribution is 2.26. The van der Waals surface area contributed by atoms with E-state index in [2.05, 4.69) is 32.2 Å². The molecule has 0 saturated heterocycles. The fraction of sp³-hybridized carbons (Fsp3) is 0.909. The van der Waals surface area contributed by atoms with Gasteiger partial charge in [-0.25, -0.2) is 0 Å². The van der Waals surface area contributed by atoms with Gasteiger partial charge in [-0.2, -0.15) is 17.0 Å². The molecule has 3 unspecified atom stereocenters. The zero-order valence-corrected chi connectivity index (χ0v) is 10.7. The van der Waals surface area contributed by atoms with Gasteiger partial charge in [-0.15, -0.1) is 0 Å². The van der Waals surface area contributed by atoms with Crippen LogP contribution in [0, 0.1) is 11.3 Å². The first-order chi connectivity index (χ1) is 6.47. The minimum Gasteiger partial charge on any atom is -0.303 e. The molecule has 0 aromatic carbocycles. The lowest BCUT2D eigenvalue weighted by atomic mass is 9.98. The highest BCUT2D eigenvalue weighted by atomic mass is 32.2. The fourth-order valence-electron chi connectivity index (χ4n) is 1.32. The Hall–Kier alpha value is -0.200. The molecule has 0 rings (SSSR count). The van der Waals surface area contributed by atoms with Crippen LogP contribution in [0.15, 0.2) is 0 Å². The molecule has 3 atom stereocenters. The zero-order chi connectivity index (χ0) is 11.2. The molecule has 0 aliphatic rings. The Morgan fingerprint density at radius 2 is 2.00 bits per heavy atom. The largest absolute Gasteiger partial charge is 0.303 e. The van der Waals surface area contributed by atoms with Crippen LogP contribution in [0.2, 0.25) is 0 Å². The van der Waals surface area contributed by atoms with E-state index in [1.807, 2.05) is 25.7 Å². The SMILES string of the molecule is CCC(C)SC(C)CC(C)(C#N)NC. The molecule has 0 amide bonds. The van der Waals surface area contributed by atoms with Crippen LogP contribution in [-0.2, 0) is 0 Å². The van der Waals surface area contributed by atoms with E-state index in [4.69, 9.17) is 5.26 Å². The maximum absolute atomic E-state index is 9.00. The van der Waals surface area contributed by atoms with Crippen LogP contribution < -0.4 is 5.32 Å². The van der Waals surface area contributed by atoms with Gasteiger partial charge in [-0.3, -0.25) is 0 Å². The Morgan fingerprint density at radius 3 is 2.36 bits per heavy atom. The summed E-state index contributed by atoms with van der Waals surface area (Å²) < 4.78 is 0. The average Bonchev–Trinajstić information content (AvgIpc) is 2.17. The Labute approximate surface area is 92.5 Å². The van der Waals surface area contributed by atoms with Gasteiger partial charge in [0, 0.05) is 10.5 Å². The Balaban J connectivity index is 4.05. The maximum atomic E-state index is 9.00. The number of nitriles is 1. The third-order valence-corrected chi connectivity index (χ3v) is 3.96. The van der Waals surface area contributed by atoms with Crippen LogP contribution in [0.3, 0.4) is 0 Å². The zero-order valence-electron chi connectivity index (χ0n) is 9.92. The lowest BCUT2D eigenvalue weighted by Crippen LogP contribution is -2.40. The molecular formula is C11H22N2S. The van der Waals surface area contributed by atoms with Crippen LogP contribution >= 0.6 is 11.8 Å². The summed E-state index contributed by atoms with van der Waals surface area (Å²) in [5.41, 5.74) is -0.375. The molecule has 0 spiro atoms. The summed E-state index contributed by atoms with van der Waals surface area (Å²) in [6, 6.07) is 2.33. The average molecular weight is 214 g/mol. The van der Waals surface area contributed by atoms with E-state index in [0.717, 1.165) is 6.42 Å². The number of nitrogens with one attached hydrogen (secondary N) is 1. The van der Waals surface area contributed by atoms with Crippen LogP contribution in [0.5, 0.6) is 0 Å². The summed E-state index contributed by atoms with van der Waals surface area (Å²) in [4.78, 5) is 0. The van der Waals surface area contributed by atoms with Crippen LogP contribution in [0.1, 0.15) is 40.5 Å². The van der Waals surface area contributed by atoms with Crippen molar-refractivity contribution < 1.29 is 0 Å². The normalized spacial score (nSPS) is 19.4. The van der Waals surface area contributed by atoms with Crippen molar-refractivity contribution in [1.82, 2.24) is 5.32 Å². The van der Waals surface area contributed by atoms with Gasteiger partial charge in [0.25, 0.3) is 0 Å². The number of nitrogens with zero attached hydrogens (tertiary/aromatic N) is 1. The second kappa shape index (κ2) is 6.31.